The molecule has 18 heavy (non-hydrogen) atoms. The van der Waals surface area contributed by atoms with E-state index in [1.54, 1.807) is 6.07 Å². The van der Waals surface area contributed by atoms with Crippen LogP contribution in [0.25, 0.3) is 0 Å². The maximum Gasteiger partial charge on any atom is 0.264 e. The minimum absolute atomic E-state index is 0.0751. The fourth-order valence-corrected chi connectivity index (χ4v) is 2.58. The van der Waals surface area contributed by atoms with E-state index in [1.165, 1.54) is 6.07 Å². The molecule has 0 radical (unpaired) electrons. The summed E-state index contributed by atoms with van der Waals surface area (Å²) in [4.78, 5) is 0. The van der Waals surface area contributed by atoms with Gasteiger partial charge in [-0.05, 0) is 49.5 Å². The minimum atomic E-state index is -2.47. The minimum Gasteiger partial charge on any atom is -0.454 e. The average molecular weight is 255 g/mol. The van der Waals surface area contributed by atoms with Crippen LogP contribution < -0.4 is 14.8 Å². The first-order valence-corrected chi connectivity index (χ1v) is 6.15. The van der Waals surface area contributed by atoms with Crippen LogP contribution in [-0.2, 0) is 6.42 Å². The third-order valence-corrected chi connectivity index (χ3v) is 3.54. The Balaban J connectivity index is 1.90. The summed E-state index contributed by atoms with van der Waals surface area (Å²) >= 11 is 0. The number of alkyl halides is 2. The number of nitrogens with one attached hydrogen (secondary N) is 1. The first-order valence-electron chi connectivity index (χ1n) is 6.15. The number of benzene rings is 1. The van der Waals surface area contributed by atoms with Crippen molar-refractivity contribution in [1.82, 2.24) is 5.32 Å². The molecule has 1 fully saturated rings. The van der Waals surface area contributed by atoms with Gasteiger partial charge in [-0.15, -0.1) is 0 Å². The first-order chi connectivity index (χ1) is 8.74. The van der Waals surface area contributed by atoms with Crippen molar-refractivity contribution < 1.29 is 18.3 Å². The zero-order valence-electron chi connectivity index (χ0n) is 9.92. The summed E-state index contributed by atoms with van der Waals surface area (Å²) in [6.07, 6.45) is -0.760. The van der Waals surface area contributed by atoms with Crippen molar-refractivity contribution in [2.24, 2.45) is 5.92 Å². The van der Waals surface area contributed by atoms with E-state index in [4.69, 9.17) is 9.47 Å². The molecule has 0 saturated carbocycles. The lowest BCUT2D eigenvalue weighted by molar-refractivity contribution is 0.149. The predicted molar refractivity (Wildman–Crippen MR) is 62.2 cm³/mol. The number of rotatable bonds is 3. The number of halogens is 2. The van der Waals surface area contributed by atoms with Crippen LogP contribution in [0.2, 0.25) is 0 Å². The van der Waals surface area contributed by atoms with E-state index in [1.807, 2.05) is 0 Å². The molecule has 0 amide bonds. The van der Waals surface area contributed by atoms with E-state index < -0.39 is 6.43 Å². The Kier molecular flexibility index (Phi) is 3.07. The van der Waals surface area contributed by atoms with Crippen molar-refractivity contribution in [3.8, 4) is 11.5 Å². The van der Waals surface area contributed by atoms with E-state index in [-0.39, 0.29) is 12.4 Å². The highest BCUT2D eigenvalue weighted by molar-refractivity contribution is 5.49. The van der Waals surface area contributed by atoms with Crippen molar-refractivity contribution >= 4 is 0 Å². The molecule has 1 atom stereocenters. The van der Waals surface area contributed by atoms with Gasteiger partial charge in [0, 0.05) is 5.56 Å². The topological polar surface area (TPSA) is 30.5 Å². The van der Waals surface area contributed by atoms with Crippen LogP contribution in [0.15, 0.2) is 12.1 Å². The van der Waals surface area contributed by atoms with Gasteiger partial charge < -0.3 is 14.8 Å². The quantitative estimate of drug-likeness (QED) is 0.900. The fourth-order valence-electron chi connectivity index (χ4n) is 2.58. The molecule has 1 N–H and O–H groups in total. The SMILES string of the molecule is FC(F)c1cc2c(cc1CC1CCNC1)OCO2. The highest BCUT2D eigenvalue weighted by Gasteiger charge is 2.24. The molecule has 0 aromatic heterocycles. The third-order valence-electron chi connectivity index (χ3n) is 3.54. The molecule has 2 heterocycles. The van der Waals surface area contributed by atoms with Gasteiger partial charge >= 0.3 is 0 Å². The van der Waals surface area contributed by atoms with Gasteiger partial charge in [0.1, 0.15) is 0 Å². The lowest BCUT2D eigenvalue weighted by Crippen LogP contribution is -2.11. The second-order valence-electron chi connectivity index (χ2n) is 4.77. The van der Waals surface area contributed by atoms with Crippen LogP contribution in [0, 0.1) is 5.92 Å². The predicted octanol–water partition coefficient (Wildman–Crippen LogP) is 2.50. The van der Waals surface area contributed by atoms with Gasteiger partial charge in [-0.2, -0.15) is 0 Å². The monoisotopic (exact) mass is 255 g/mol. The van der Waals surface area contributed by atoms with Gasteiger partial charge in [0.2, 0.25) is 6.79 Å². The molecule has 1 saturated heterocycles. The van der Waals surface area contributed by atoms with Crippen molar-refractivity contribution in [2.45, 2.75) is 19.3 Å². The highest BCUT2D eigenvalue weighted by atomic mass is 19.3. The smallest absolute Gasteiger partial charge is 0.264 e. The van der Waals surface area contributed by atoms with E-state index >= 15 is 0 Å². The Bertz CT molecular complexity index is 445. The van der Waals surface area contributed by atoms with Gasteiger partial charge in [-0.25, -0.2) is 8.78 Å². The second kappa shape index (κ2) is 4.72. The fraction of sp³-hybridized carbons (Fsp3) is 0.538. The summed E-state index contributed by atoms with van der Waals surface area (Å²) < 4.78 is 36.5. The second-order valence-corrected chi connectivity index (χ2v) is 4.77. The van der Waals surface area contributed by atoms with E-state index in [0.29, 0.717) is 29.4 Å². The Hall–Kier alpha value is -1.36. The molecule has 3 nitrogen and oxygen atoms in total. The van der Waals surface area contributed by atoms with Crippen LogP contribution in [0.5, 0.6) is 11.5 Å². The van der Waals surface area contributed by atoms with Crippen LogP contribution in [-0.4, -0.2) is 19.9 Å². The van der Waals surface area contributed by atoms with E-state index in [0.717, 1.165) is 19.5 Å². The summed E-state index contributed by atoms with van der Waals surface area (Å²) in [6, 6.07) is 3.13. The standard InChI is InChI=1S/C13H15F2NO2/c14-13(15)10-5-12-11(17-7-18-12)4-9(10)3-8-1-2-16-6-8/h4-5,8,13,16H,1-3,6-7H2. The Morgan fingerprint density at radius 1 is 1.28 bits per heavy atom. The molecular formula is C13H15F2NO2. The van der Waals surface area contributed by atoms with Gasteiger partial charge in [0.15, 0.2) is 11.5 Å². The molecule has 2 aliphatic rings. The molecule has 0 aliphatic carbocycles. The summed E-state index contributed by atoms with van der Waals surface area (Å²) in [6.45, 7) is 1.99. The molecule has 1 aromatic rings. The van der Waals surface area contributed by atoms with Crippen LogP contribution >= 0.6 is 0 Å². The summed E-state index contributed by atoms with van der Waals surface area (Å²) in [7, 11) is 0. The van der Waals surface area contributed by atoms with Gasteiger partial charge in [0.25, 0.3) is 6.43 Å². The summed E-state index contributed by atoms with van der Waals surface area (Å²) in [5, 5.41) is 3.25. The van der Waals surface area contributed by atoms with Crippen LogP contribution in [0.4, 0.5) is 8.78 Å². The highest BCUT2D eigenvalue weighted by Crippen LogP contribution is 2.39. The molecule has 1 unspecified atom stereocenters. The van der Waals surface area contributed by atoms with Crippen molar-refractivity contribution in [3.63, 3.8) is 0 Å². The summed E-state index contributed by atoms with van der Waals surface area (Å²) in [5.74, 6) is 1.45. The first kappa shape index (κ1) is 11.7. The lowest BCUT2D eigenvalue weighted by Gasteiger charge is -2.13. The number of fused-ring (bicyclic) bond motifs is 1. The molecule has 0 spiro atoms. The maximum absolute atomic E-state index is 13.1. The number of ether oxygens (including phenoxy) is 2. The molecule has 2 aliphatic heterocycles. The van der Waals surface area contributed by atoms with Gasteiger partial charge in [-0.1, -0.05) is 0 Å². The lowest BCUT2D eigenvalue weighted by atomic mass is 9.94. The maximum atomic E-state index is 13.1. The van der Waals surface area contributed by atoms with Crippen molar-refractivity contribution in [1.29, 1.82) is 0 Å². The average Bonchev–Trinajstić information content (AvgIpc) is 2.97. The Morgan fingerprint density at radius 3 is 2.72 bits per heavy atom. The molecule has 5 heteroatoms. The molecule has 3 rings (SSSR count). The zero-order chi connectivity index (χ0) is 12.5. The number of hydrogen-bond donors (Lipinski definition) is 1. The number of hydrogen-bond acceptors (Lipinski definition) is 3. The molecular weight excluding hydrogens is 240 g/mol. The molecule has 1 aromatic carbocycles. The zero-order valence-corrected chi connectivity index (χ0v) is 9.92. The van der Waals surface area contributed by atoms with E-state index in [9.17, 15) is 8.78 Å². The van der Waals surface area contributed by atoms with Crippen molar-refractivity contribution in [3.05, 3.63) is 23.3 Å². The van der Waals surface area contributed by atoms with Gasteiger partial charge in [-0.3, -0.25) is 0 Å². The Morgan fingerprint density at radius 2 is 2.06 bits per heavy atom. The van der Waals surface area contributed by atoms with Crippen LogP contribution in [0.1, 0.15) is 24.0 Å². The normalized spacial score (nSPS) is 21.8. The van der Waals surface area contributed by atoms with Gasteiger partial charge in [0.05, 0.1) is 0 Å². The van der Waals surface area contributed by atoms with Crippen molar-refractivity contribution in [2.75, 3.05) is 19.9 Å². The molecule has 0 bridgehead atoms. The van der Waals surface area contributed by atoms with E-state index in [2.05, 4.69) is 5.32 Å². The molecule has 98 valence electrons. The largest absolute Gasteiger partial charge is 0.454 e. The summed E-state index contributed by atoms with van der Waals surface area (Å²) in [5.41, 5.74) is 0.758. The van der Waals surface area contributed by atoms with Crippen LogP contribution in [0.3, 0.4) is 0 Å². The Labute approximate surface area is 104 Å². The third kappa shape index (κ3) is 2.14.